The molecule has 214 valence electrons. The van der Waals surface area contributed by atoms with Gasteiger partial charge < -0.3 is 9.15 Å². The van der Waals surface area contributed by atoms with Gasteiger partial charge in [0, 0.05) is 17.5 Å². The lowest BCUT2D eigenvalue weighted by Crippen LogP contribution is -2.18. The average molecular weight is 575 g/mol. The maximum atomic E-state index is 5.90. The maximum absolute atomic E-state index is 5.90. The predicted octanol–water partition coefficient (Wildman–Crippen LogP) is 8.94. The molecule has 2 heterocycles. The number of hydrogen-bond acceptors (Lipinski definition) is 6. The summed E-state index contributed by atoms with van der Waals surface area (Å²) >= 11 is 0. The van der Waals surface area contributed by atoms with Gasteiger partial charge in [-0.2, -0.15) is 5.10 Å². The summed E-state index contributed by atoms with van der Waals surface area (Å²) in [5, 5.41) is 15.7. The van der Waals surface area contributed by atoms with Gasteiger partial charge in [0.15, 0.2) is 0 Å². The Bertz CT molecular complexity index is 1900. The van der Waals surface area contributed by atoms with Crippen LogP contribution in [0.25, 0.3) is 35.1 Å². The van der Waals surface area contributed by atoms with Crippen molar-refractivity contribution >= 4 is 23.6 Å². The highest BCUT2D eigenvalue weighted by Gasteiger charge is 2.29. The van der Waals surface area contributed by atoms with E-state index < -0.39 is 0 Å². The topological polar surface area (TPSA) is 63.8 Å². The van der Waals surface area contributed by atoms with Crippen molar-refractivity contribution in [1.29, 1.82) is 0 Å². The van der Waals surface area contributed by atoms with Crippen molar-refractivity contribution in [3.05, 3.63) is 156 Å². The molecule has 0 spiro atoms. The fourth-order valence-corrected chi connectivity index (χ4v) is 5.35. The normalized spacial score (nSPS) is 14.6. The first-order valence-corrected chi connectivity index (χ1v) is 14.6. The molecule has 0 radical (unpaired) electrons. The molecule has 1 aliphatic heterocycles. The van der Waals surface area contributed by atoms with E-state index in [2.05, 4.69) is 106 Å². The summed E-state index contributed by atoms with van der Waals surface area (Å²) < 4.78 is 11.2. The van der Waals surface area contributed by atoms with Crippen LogP contribution in [0.4, 0.5) is 5.69 Å². The molecule has 5 aromatic carbocycles. The third kappa shape index (κ3) is 5.78. The van der Waals surface area contributed by atoms with E-state index in [-0.39, 0.29) is 6.04 Å². The van der Waals surface area contributed by atoms with Crippen LogP contribution in [-0.4, -0.2) is 23.0 Å². The first-order valence-electron chi connectivity index (χ1n) is 14.6. The van der Waals surface area contributed by atoms with Crippen LogP contribution in [0.15, 0.2) is 143 Å². The monoisotopic (exact) mass is 574 g/mol. The molecule has 6 nitrogen and oxygen atoms in total. The smallest absolute Gasteiger partial charge is 0.248 e. The molecule has 0 amide bonds. The molecule has 0 aliphatic carbocycles. The zero-order valence-corrected chi connectivity index (χ0v) is 24.2. The van der Waals surface area contributed by atoms with Crippen molar-refractivity contribution in [3.8, 4) is 28.7 Å². The zero-order valence-electron chi connectivity index (χ0n) is 24.2. The number of methoxy groups -OCH3 is 1. The number of aromatic nitrogens is 2. The highest BCUT2D eigenvalue weighted by Crippen LogP contribution is 2.37. The van der Waals surface area contributed by atoms with Crippen LogP contribution in [-0.2, 0) is 0 Å². The number of benzene rings is 5. The van der Waals surface area contributed by atoms with Gasteiger partial charge in [0.05, 0.1) is 24.6 Å². The molecule has 0 N–H and O–H groups in total. The van der Waals surface area contributed by atoms with Gasteiger partial charge in [0.2, 0.25) is 11.8 Å². The van der Waals surface area contributed by atoms with Gasteiger partial charge in [-0.3, -0.25) is 5.01 Å². The molecule has 1 unspecified atom stereocenters. The standard InChI is InChI=1S/C38H30N4O2/c1-43-34-24-20-29(21-25-34)35-26-36(30-8-4-2-5-9-30)42(41-35)33-22-16-28(17-23-33)13-12-27-14-18-32(19-15-27)38-40-39-37(44-38)31-10-6-3-7-11-31/h2-25,36H,26H2,1H3/b13-12+. The molecule has 0 bridgehead atoms. The van der Waals surface area contributed by atoms with Gasteiger partial charge in [-0.1, -0.05) is 84.9 Å². The van der Waals surface area contributed by atoms with Crippen LogP contribution in [0.3, 0.4) is 0 Å². The Hall–Kier alpha value is -5.75. The minimum absolute atomic E-state index is 0.121. The molecule has 44 heavy (non-hydrogen) atoms. The number of anilines is 1. The van der Waals surface area contributed by atoms with Gasteiger partial charge in [0.25, 0.3) is 0 Å². The SMILES string of the molecule is COc1ccc(C2=NN(c3ccc(/C=C/c4ccc(-c5nnc(-c6ccccc6)o5)cc4)cc3)C(c3ccccc3)C2)cc1. The zero-order chi connectivity index (χ0) is 29.7. The van der Waals surface area contributed by atoms with E-state index in [0.29, 0.717) is 11.8 Å². The van der Waals surface area contributed by atoms with E-state index in [9.17, 15) is 0 Å². The molecule has 1 aliphatic rings. The van der Waals surface area contributed by atoms with Gasteiger partial charge in [0.1, 0.15) is 5.75 Å². The van der Waals surface area contributed by atoms with Crippen molar-refractivity contribution in [1.82, 2.24) is 10.2 Å². The fraction of sp³-hybridized carbons (Fsp3) is 0.0789. The van der Waals surface area contributed by atoms with E-state index in [4.69, 9.17) is 14.3 Å². The van der Waals surface area contributed by atoms with Crippen molar-refractivity contribution in [3.63, 3.8) is 0 Å². The van der Waals surface area contributed by atoms with Crippen molar-refractivity contribution in [2.24, 2.45) is 5.10 Å². The van der Waals surface area contributed by atoms with E-state index >= 15 is 0 Å². The summed E-state index contributed by atoms with van der Waals surface area (Å²) in [6.07, 6.45) is 5.04. The largest absolute Gasteiger partial charge is 0.497 e. The predicted molar refractivity (Wildman–Crippen MR) is 176 cm³/mol. The summed E-state index contributed by atoms with van der Waals surface area (Å²) in [5.74, 6) is 1.86. The lowest BCUT2D eigenvalue weighted by molar-refractivity contribution is 0.415. The molecule has 0 fully saturated rings. The Morgan fingerprint density at radius 1 is 0.636 bits per heavy atom. The highest BCUT2D eigenvalue weighted by atomic mass is 16.5. The minimum atomic E-state index is 0.121. The van der Waals surface area contributed by atoms with E-state index in [1.807, 2.05) is 54.6 Å². The van der Waals surface area contributed by atoms with Crippen molar-refractivity contribution in [2.75, 3.05) is 12.1 Å². The first-order chi connectivity index (χ1) is 21.7. The molecule has 6 aromatic rings. The average Bonchev–Trinajstić information content (AvgIpc) is 3.78. The van der Waals surface area contributed by atoms with E-state index in [1.165, 1.54) is 5.56 Å². The van der Waals surface area contributed by atoms with E-state index in [1.54, 1.807) is 7.11 Å². The van der Waals surface area contributed by atoms with Gasteiger partial charge in [-0.05, 0) is 82.9 Å². The van der Waals surface area contributed by atoms with Crippen molar-refractivity contribution in [2.45, 2.75) is 12.5 Å². The Labute approximate surface area is 256 Å². The maximum Gasteiger partial charge on any atom is 0.248 e. The molecule has 6 heteroatoms. The summed E-state index contributed by atoms with van der Waals surface area (Å²) in [6.45, 7) is 0. The molecule has 7 rings (SSSR count). The molecule has 0 saturated carbocycles. The number of hydrazone groups is 1. The Balaban J connectivity index is 1.07. The minimum Gasteiger partial charge on any atom is -0.497 e. The second-order valence-electron chi connectivity index (χ2n) is 10.6. The number of hydrogen-bond donors (Lipinski definition) is 0. The lowest BCUT2D eigenvalue weighted by atomic mass is 9.98. The van der Waals surface area contributed by atoms with Crippen LogP contribution >= 0.6 is 0 Å². The molecule has 0 saturated heterocycles. The number of nitrogens with zero attached hydrogens (tertiary/aromatic N) is 4. The Morgan fingerprint density at radius 3 is 1.80 bits per heavy atom. The van der Waals surface area contributed by atoms with Crippen LogP contribution in [0.1, 0.15) is 34.7 Å². The second-order valence-corrected chi connectivity index (χ2v) is 10.6. The third-order valence-electron chi connectivity index (χ3n) is 7.75. The van der Waals surface area contributed by atoms with Crippen LogP contribution < -0.4 is 9.75 Å². The molecular weight excluding hydrogens is 544 g/mol. The molecule has 1 aromatic heterocycles. The lowest BCUT2D eigenvalue weighted by Gasteiger charge is -2.24. The van der Waals surface area contributed by atoms with Crippen molar-refractivity contribution < 1.29 is 9.15 Å². The van der Waals surface area contributed by atoms with E-state index in [0.717, 1.165) is 51.4 Å². The second kappa shape index (κ2) is 12.2. The number of ether oxygens (including phenoxy) is 1. The summed E-state index contributed by atoms with van der Waals surface area (Å²) in [6, 6.07) is 45.2. The van der Waals surface area contributed by atoms with Crippen LogP contribution in [0.5, 0.6) is 5.75 Å². The third-order valence-corrected chi connectivity index (χ3v) is 7.75. The van der Waals surface area contributed by atoms with Crippen LogP contribution in [0, 0.1) is 0 Å². The van der Waals surface area contributed by atoms with Gasteiger partial charge in [-0.15, -0.1) is 10.2 Å². The summed E-state index contributed by atoms with van der Waals surface area (Å²) in [4.78, 5) is 0. The number of rotatable bonds is 8. The summed E-state index contributed by atoms with van der Waals surface area (Å²) in [5.41, 5.74) is 8.44. The highest BCUT2D eigenvalue weighted by molar-refractivity contribution is 6.03. The van der Waals surface area contributed by atoms with Crippen LogP contribution in [0.2, 0.25) is 0 Å². The first kappa shape index (κ1) is 27.1. The fourth-order valence-electron chi connectivity index (χ4n) is 5.35. The Kier molecular flexibility index (Phi) is 7.54. The quantitative estimate of drug-likeness (QED) is 0.170. The molecule has 1 atom stereocenters. The molecular formula is C38H30N4O2. The summed E-state index contributed by atoms with van der Waals surface area (Å²) in [7, 11) is 1.68. The van der Waals surface area contributed by atoms with Gasteiger partial charge >= 0.3 is 0 Å². The van der Waals surface area contributed by atoms with Gasteiger partial charge in [-0.25, -0.2) is 0 Å². The Morgan fingerprint density at radius 2 is 1.18 bits per heavy atom.